The average Bonchev–Trinajstić information content (AvgIpc) is 2.37. The van der Waals surface area contributed by atoms with Crippen molar-refractivity contribution in [1.82, 2.24) is 0 Å². The Labute approximate surface area is 100 Å². The molecule has 0 fully saturated rings. The van der Waals surface area contributed by atoms with Crippen molar-refractivity contribution < 1.29 is 14.6 Å². The smallest absolute Gasteiger partial charge is 0.305 e. The number of ether oxygens (including phenoxy) is 1. The fourth-order valence-corrected chi connectivity index (χ4v) is 1.58. The highest BCUT2D eigenvalue weighted by atomic mass is 16.5. The highest BCUT2D eigenvalue weighted by molar-refractivity contribution is 5.69. The van der Waals surface area contributed by atoms with Crippen molar-refractivity contribution in [3.05, 3.63) is 35.4 Å². The van der Waals surface area contributed by atoms with Gasteiger partial charge in [0.15, 0.2) is 0 Å². The van der Waals surface area contributed by atoms with Crippen LogP contribution in [0.4, 0.5) is 0 Å². The first kappa shape index (κ1) is 13.2. The van der Waals surface area contributed by atoms with E-state index in [4.69, 9.17) is 5.26 Å². The van der Waals surface area contributed by atoms with Gasteiger partial charge in [0.05, 0.1) is 31.3 Å². The number of aliphatic hydroxyl groups excluding tert-OH is 1. The molecule has 0 aliphatic heterocycles. The molecule has 0 bridgehead atoms. The number of rotatable bonds is 4. The van der Waals surface area contributed by atoms with Gasteiger partial charge in [0, 0.05) is 0 Å². The third-order valence-corrected chi connectivity index (χ3v) is 2.61. The number of carbonyl (C=O) groups excluding carboxylic acids is 1. The molecule has 4 heteroatoms. The SMILES string of the molecule is COC(=O)CC(C)C(O)c1cccc(C#N)c1. The number of methoxy groups -OCH3 is 1. The largest absolute Gasteiger partial charge is 0.469 e. The Morgan fingerprint density at radius 1 is 1.59 bits per heavy atom. The Kier molecular flexibility index (Phi) is 4.68. The Morgan fingerprint density at radius 3 is 2.88 bits per heavy atom. The minimum absolute atomic E-state index is 0.147. The summed E-state index contributed by atoms with van der Waals surface area (Å²) in [6.45, 7) is 1.76. The molecule has 2 unspecified atom stereocenters. The third kappa shape index (κ3) is 3.58. The molecule has 0 saturated heterocycles. The predicted octanol–water partition coefficient (Wildman–Crippen LogP) is 1.79. The van der Waals surface area contributed by atoms with Crippen LogP contribution < -0.4 is 0 Å². The zero-order chi connectivity index (χ0) is 12.8. The zero-order valence-corrected chi connectivity index (χ0v) is 9.88. The molecule has 0 aliphatic carbocycles. The van der Waals surface area contributed by atoms with Crippen LogP contribution in [0.3, 0.4) is 0 Å². The van der Waals surface area contributed by atoms with Crippen LogP contribution in [-0.2, 0) is 9.53 Å². The molecule has 1 rings (SSSR count). The highest BCUT2D eigenvalue weighted by Gasteiger charge is 2.20. The summed E-state index contributed by atoms with van der Waals surface area (Å²) >= 11 is 0. The molecule has 1 N–H and O–H groups in total. The summed E-state index contributed by atoms with van der Waals surface area (Å²) in [5.41, 5.74) is 1.13. The molecule has 4 nitrogen and oxygen atoms in total. The second-order valence-corrected chi connectivity index (χ2v) is 3.94. The number of hydrogen-bond acceptors (Lipinski definition) is 4. The number of carbonyl (C=O) groups is 1. The highest BCUT2D eigenvalue weighted by Crippen LogP contribution is 2.25. The van der Waals surface area contributed by atoms with E-state index in [0.717, 1.165) is 0 Å². The van der Waals surface area contributed by atoms with Crippen molar-refractivity contribution in [2.24, 2.45) is 5.92 Å². The first-order valence-electron chi connectivity index (χ1n) is 5.33. The van der Waals surface area contributed by atoms with Crippen molar-refractivity contribution in [2.75, 3.05) is 7.11 Å². The molecule has 1 aromatic carbocycles. The van der Waals surface area contributed by atoms with Gasteiger partial charge in [0.25, 0.3) is 0 Å². The predicted molar refractivity (Wildman–Crippen MR) is 61.9 cm³/mol. The van der Waals surface area contributed by atoms with Gasteiger partial charge in [-0.05, 0) is 23.6 Å². The fourth-order valence-electron chi connectivity index (χ4n) is 1.58. The van der Waals surface area contributed by atoms with Crippen LogP contribution in [0, 0.1) is 17.2 Å². The van der Waals surface area contributed by atoms with Crippen molar-refractivity contribution in [3.63, 3.8) is 0 Å². The Bertz CT molecular complexity index is 437. The summed E-state index contributed by atoms with van der Waals surface area (Å²) < 4.78 is 4.55. The van der Waals surface area contributed by atoms with E-state index in [0.29, 0.717) is 11.1 Å². The molecular formula is C13H15NO3. The normalized spacial score (nSPS) is 13.5. The number of nitriles is 1. The van der Waals surface area contributed by atoms with Gasteiger partial charge in [-0.1, -0.05) is 19.1 Å². The monoisotopic (exact) mass is 233 g/mol. The maximum atomic E-state index is 11.1. The lowest BCUT2D eigenvalue weighted by Gasteiger charge is -2.18. The van der Waals surface area contributed by atoms with Crippen LogP contribution in [0.25, 0.3) is 0 Å². The van der Waals surface area contributed by atoms with Gasteiger partial charge in [-0.25, -0.2) is 0 Å². The second kappa shape index (κ2) is 6.02. The summed E-state index contributed by atoms with van der Waals surface area (Å²) in [5, 5.41) is 18.8. The molecule has 0 aliphatic rings. The van der Waals surface area contributed by atoms with E-state index in [1.807, 2.05) is 6.07 Å². The van der Waals surface area contributed by atoms with E-state index >= 15 is 0 Å². The van der Waals surface area contributed by atoms with Gasteiger partial charge < -0.3 is 9.84 Å². The van der Waals surface area contributed by atoms with Crippen LogP contribution >= 0.6 is 0 Å². The molecule has 0 spiro atoms. The van der Waals surface area contributed by atoms with Gasteiger partial charge in [0.2, 0.25) is 0 Å². The zero-order valence-electron chi connectivity index (χ0n) is 9.88. The van der Waals surface area contributed by atoms with E-state index in [-0.39, 0.29) is 18.3 Å². The van der Waals surface area contributed by atoms with Crippen LogP contribution in [0.1, 0.15) is 30.6 Å². The summed E-state index contributed by atoms with van der Waals surface area (Å²) in [6.07, 6.45) is -0.628. The first-order valence-corrected chi connectivity index (χ1v) is 5.33. The molecule has 0 aromatic heterocycles. The fraction of sp³-hybridized carbons (Fsp3) is 0.385. The lowest BCUT2D eigenvalue weighted by atomic mass is 9.94. The van der Waals surface area contributed by atoms with Crippen molar-refractivity contribution in [3.8, 4) is 6.07 Å². The average molecular weight is 233 g/mol. The number of aliphatic hydroxyl groups is 1. The van der Waals surface area contributed by atoms with E-state index in [9.17, 15) is 9.90 Å². The first-order chi connectivity index (χ1) is 8.08. The van der Waals surface area contributed by atoms with Gasteiger partial charge in [-0.15, -0.1) is 0 Å². The van der Waals surface area contributed by atoms with Crippen LogP contribution in [0.15, 0.2) is 24.3 Å². The van der Waals surface area contributed by atoms with Crippen LogP contribution in [0.5, 0.6) is 0 Å². The number of benzene rings is 1. The Hall–Kier alpha value is -1.86. The van der Waals surface area contributed by atoms with E-state index in [1.165, 1.54) is 7.11 Å². The minimum Gasteiger partial charge on any atom is -0.469 e. The van der Waals surface area contributed by atoms with Gasteiger partial charge in [-0.2, -0.15) is 5.26 Å². The van der Waals surface area contributed by atoms with Gasteiger partial charge in [0.1, 0.15) is 0 Å². The maximum Gasteiger partial charge on any atom is 0.305 e. The molecule has 0 radical (unpaired) electrons. The summed E-state index contributed by atoms with van der Waals surface area (Å²) in [4.78, 5) is 11.1. The Balaban J connectivity index is 2.78. The van der Waals surface area contributed by atoms with Gasteiger partial charge in [-0.3, -0.25) is 4.79 Å². The second-order valence-electron chi connectivity index (χ2n) is 3.94. The van der Waals surface area contributed by atoms with Crippen molar-refractivity contribution >= 4 is 5.97 Å². The quantitative estimate of drug-likeness (QED) is 0.805. The molecule has 17 heavy (non-hydrogen) atoms. The molecule has 2 atom stereocenters. The summed E-state index contributed by atoms with van der Waals surface area (Å²) in [5.74, 6) is -0.607. The number of esters is 1. The lowest BCUT2D eigenvalue weighted by molar-refractivity contribution is -0.142. The molecule has 1 aromatic rings. The van der Waals surface area contributed by atoms with Crippen LogP contribution in [-0.4, -0.2) is 18.2 Å². The molecule has 90 valence electrons. The van der Waals surface area contributed by atoms with E-state index < -0.39 is 6.10 Å². The molecule has 0 saturated carbocycles. The maximum absolute atomic E-state index is 11.1. The number of nitrogens with zero attached hydrogens (tertiary/aromatic N) is 1. The van der Waals surface area contributed by atoms with Crippen molar-refractivity contribution in [1.29, 1.82) is 5.26 Å². The summed E-state index contributed by atoms with van der Waals surface area (Å²) in [7, 11) is 1.32. The van der Waals surface area contributed by atoms with E-state index in [1.54, 1.807) is 31.2 Å². The number of hydrogen-bond donors (Lipinski definition) is 1. The Morgan fingerprint density at radius 2 is 2.29 bits per heavy atom. The molecule has 0 amide bonds. The standard InChI is InChI=1S/C13H15NO3/c1-9(6-12(15)17-2)13(16)11-5-3-4-10(7-11)8-14/h3-5,7,9,13,16H,6H2,1-2H3. The minimum atomic E-state index is -0.776. The lowest BCUT2D eigenvalue weighted by Crippen LogP contribution is -2.15. The summed E-state index contributed by atoms with van der Waals surface area (Å²) in [6, 6.07) is 8.75. The van der Waals surface area contributed by atoms with E-state index in [2.05, 4.69) is 4.74 Å². The van der Waals surface area contributed by atoms with Crippen LogP contribution in [0.2, 0.25) is 0 Å². The topological polar surface area (TPSA) is 70.3 Å². The van der Waals surface area contributed by atoms with Crippen molar-refractivity contribution in [2.45, 2.75) is 19.4 Å². The van der Waals surface area contributed by atoms with Gasteiger partial charge >= 0.3 is 5.97 Å². The molecule has 0 heterocycles. The molecular weight excluding hydrogens is 218 g/mol. The third-order valence-electron chi connectivity index (χ3n) is 2.61.